The van der Waals surface area contributed by atoms with E-state index in [4.69, 9.17) is 23.7 Å². The lowest BCUT2D eigenvalue weighted by molar-refractivity contribution is -0.384. The summed E-state index contributed by atoms with van der Waals surface area (Å²) in [4.78, 5) is 33.8. The minimum atomic E-state index is -4.31. The van der Waals surface area contributed by atoms with Gasteiger partial charge in [0.1, 0.15) is 17.9 Å². The van der Waals surface area contributed by atoms with Gasteiger partial charge in [-0.2, -0.15) is 5.09 Å². The van der Waals surface area contributed by atoms with Gasteiger partial charge in [0.05, 0.1) is 18.6 Å². The third-order valence-electron chi connectivity index (χ3n) is 4.14. The van der Waals surface area contributed by atoms with Crippen molar-refractivity contribution in [3.8, 4) is 5.75 Å². The number of hydrogen-bond acceptors (Lipinski definition) is 11. The number of hydroxylamine groups is 1. The van der Waals surface area contributed by atoms with Crippen LogP contribution in [0, 0.1) is 10.1 Å². The van der Waals surface area contributed by atoms with Crippen molar-refractivity contribution in [2.75, 3.05) is 13.7 Å². The minimum absolute atomic E-state index is 0.0583. The van der Waals surface area contributed by atoms with Crippen molar-refractivity contribution in [3.63, 3.8) is 0 Å². The number of nitro groups is 1. The van der Waals surface area contributed by atoms with Crippen molar-refractivity contribution >= 4 is 25.3 Å². The summed E-state index contributed by atoms with van der Waals surface area (Å²) in [6.45, 7) is 3.89. The summed E-state index contributed by atoms with van der Waals surface area (Å²) >= 11 is 0. The molecule has 1 heterocycles. The Morgan fingerprint density at radius 1 is 1.31 bits per heavy atom. The molecule has 1 aliphatic rings. The number of hydrogen-bond donors (Lipinski definition) is 3. The lowest BCUT2D eigenvalue weighted by Crippen LogP contribution is -2.42. The molecule has 0 radical (unpaired) electrons. The highest BCUT2D eigenvalue weighted by Gasteiger charge is 2.47. The van der Waals surface area contributed by atoms with E-state index in [0.29, 0.717) is 0 Å². The molecule has 0 spiro atoms. The van der Waals surface area contributed by atoms with Crippen molar-refractivity contribution in [2.45, 2.75) is 44.8 Å². The van der Waals surface area contributed by atoms with Gasteiger partial charge >= 0.3 is 13.7 Å². The Morgan fingerprint density at radius 3 is 2.47 bits per heavy atom. The van der Waals surface area contributed by atoms with Crippen LogP contribution in [0.1, 0.15) is 20.8 Å². The molecule has 0 aliphatic carbocycles. The number of esters is 1. The van der Waals surface area contributed by atoms with Crippen LogP contribution in [0.2, 0.25) is 0 Å². The molecule has 1 saturated heterocycles. The monoisotopic (exact) mass is 477 g/mol. The molecule has 0 aromatic heterocycles. The second-order valence-corrected chi connectivity index (χ2v) is 8.77. The maximum absolute atomic E-state index is 13.4. The highest BCUT2D eigenvalue weighted by atomic mass is 31.2. The van der Waals surface area contributed by atoms with E-state index in [-0.39, 0.29) is 11.4 Å². The van der Waals surface area contributed by atoms with Crippen molar-refractivity contribution in [3.05, 3.63) is 34.4 Å². The fraction of sp³-hybridized carbons (Fsp3) is 0.529. The predicted molar refractivity (Wildman–Crippen MR) is 106 cm³/mol. The van der Waals surface area contributed by atoms with Crippen molar-refractivity contribution in [1.82, 2.24) is 10.6 Å². The van der Waals surface area contributed by atoms with Gasteiger partial charge in [-0.05, 0) is 32.9 Å². The summed E-state index contributed by atoms with van der Waals surface area (Å²) in [6, 6.07) is 3.51. The van der Waals surface area contributed by atoms with Gasteiger partial charge in [0, 0.05) is 12.1 Å². The average molecular weight is 477 g/mol. The predicted octanol–water partition coefficient (Wildman–Crippen LogP) is 1.27. The number of nitro benzene ring substituents is 1. The molecule has 1 aromatic carbocycles. The van der Waals surface area contributed by atoms with Crippen LogP contribution in [0.5, 0.6) is 5.75 Å². The molecule has 1 unspecified atom stereocenters. The lowest BCUT2D eigenvalue weighted by atomic mass is 10.2. The number of nitrogens with zero attached hydrogens (tertiary/aromatic N) is 1. The van der Waals surface area contributed by atoms with Crippen LogP contribution in [0.4, 0.5) is 5.69 Å². The van der Waals surface area contributed by atoms with Gasteiger partial charge in [-0.15, -0.1) is 0 Å². The summed E-state index contributed by atoms with van der Waals surface area (Å²) in [5.74, 6) is -2.94. The molecule has 1 fully saturated rings. The SMILES string of the molecule is COC(=O)[C@@H](C)NP(=O)(OC[C@H]1OC(C)(C)O[C@H]1C(=O)NO)Oc1ccc([N+](=O)[O-])cc1. The molecule has 1 aliphatic heterocycles. The Balaban J connectivity index is 2.22. The van der Waals surface area contributed by atoms with Gasteiger partial charge in [0.2, 0.25) is 0 Å². The van der Waals surface area contributed by atoms with E-state index in [0.717, 1.165) is 19.2 Å². The molecule has 15 heteroatoms. The highest BCUT2D eigenvalue weighted by molar-refractivity contribution is 7.52. The first kappa shape index (κ1) is 25.6. The first-order valence-electron chi connectivity index (χ1n) is 9.23. The lowest BCUT2D eigenvalue weighted by Gasteiger charge is -2.24. The summed E-state index contributed by atoms with van der Waals surface area (Å²) < 4.78 is 39.7. The average Bonchev–Trinajstić information content (AvgIpc) is 3.06. The molecule has 3 N–H and O–H groups in total. The number of ether oxygens (including phenoxy) is 3. The van der Waals surface area contributed by atoms with Crippen molar-refractivity contribution < 1.29 is 47.5 Å². The second kappa shape index (κ2) is 10.3. The molecular formula is C17H24N3O11P. The first-order valence-corrected chi connectivity index (χ1v) is 10.8. The standard InChI is InChI=1S/C17H24N3O11P/c1-10(16(22)27-4)19-32(26,31-12-7-5-11(6-8-12)20(24)25)28-9-13-14(15(21)18-23)30-17(2,3)29-13/h5-8,10,13-14,23H,9H2,1-4H3,(H,18,21)(H,19,26)/t10-,13-,14-,32?/m1/s1. The molecule has 2 rings (SSSR count). The third-order valence-corrected chi connectivity index (χ3v) is 5.78. The van der Waals surface area contributed by atoms with E-state index in [1.165, 1.54) is 38.4 Å². The van der Waals surface area contributed by atoms with Crippen LogP contribution < -0.4 is 15.1 Å². The number of amides is 1. The molecule has 32 heavy (non-hydrogen) atoms. The van der Waals surface area contributed by atoms with Crippen LogP contribution in [0.25, 0.3) is 0 Å². The molecule has 4 atom stereocenters. The molecule has 0 bridgehead atoms. The van der Waals surface area contributed by atoms with Gasteiger partial charge < -0.3 is 18.7 Å². The Bertz CT molecular complexity index is 892. The Kier molecular flexibility index (Phi) is 8.29. The molecule has 14 nitrogen and oxygen atoms in total. The largest absolute Gasteiger partial charge is 0.468 e. The number of benzene rings is 1. The number of carbonyl (C=O) groups excluding carboxylic acids is 2. The van der Waals surface area contributed by atoms with E-state index in [1.807, 2.05) is 0 Å². The van der Waals surface area contributed by atoms with Gasteiger partial charge in [0.25, 0.3) is 11.6 Å². The number of methoxy groups -OCH3 is 1. The molecule has 1 aromatic rings. The maximum Gasteiger partial charge on any atom is 0.459 e. The number of nitrogens with one attached hydrogen (secondary N) is 2. The topological polar surface area (TPSA) is 185 Å². The fourth-order valence-corrected chi connectivity index (χ4v) is 4.24. The zero-order valence-electron chi connectivity index (χ0n) is 17.7. The van der Waals surface area contributed by atoms with E-state index < -0.39 is 55.2 Å². The van der Waals surface area contributed by atoms with Crippen molar-refractivity contribution in [1.29, 1.82) is 0 Å². The summed E-state index contributed by atoms with van der Waals surface area (Å²) in [7, 11) is -3.18. The Labute approximate surface area is 182 Å². The molecule has 178 valence electrons. The maximum atomic E-state index is 13.4. The molecular weight excluding hydrogens is 453 g/mol. The molecule has 1 amide bonds. The molecule has 0 saturated carbocycles. The summed E-state index contributed by atoms with van der Waals surface area (Å²) in [5.41, 5.74) is 1.23. The quantitative estimate of drug-likeness (QED) is 0.144. The van der Waals surface area contributed by atoms with Gasteiger partial charge in [-0.3, -0.25) is 29.4 Å². The first-order chi connectivity index (χ1) is 14.9. The minimum Gasteiger partial charge on any atom is -0.468 e. The van der Waals surface area contributed by atoms with Crippen LogP contribution in [-0.2, 0) is 32.9 Å². The van der Waals surface area contributed by atoms with Gasteiger partial charge in [-0.1, -0.05) is 0 Å². The van der Waals surface area contributed by atoms with E-state index >= 15 is 0 Å². The number of non-ortho nitro benzene ring substituents is 1. The highest BCUT2D eigenvalue weighted by Crippen LogP contribution is 2.46. The number of rotatable bonds is 10. The Morgan fingerprint density at radius 2 is 1.94 bits per heavy atom. The normalized spacial score (nSPS) is 22.4. The zero-order chi connectivity index (χ0) is 24.1. The zero-order valence-corrected chi connectivity index (χ0v) is 18.6. The summed E-state index contributed by atoms with van der Waals surface area (Å²) in [6.07, 6.45) is -2.39. The van der Waals surface area contributed by atoms with E-state index in [1.54, 1.807) is 0 Å². The summed E-state index contributed by atoms with van der Waals surface area (Å²) in [5, 5.41) is 22.1. The van der Waals surface area contributed by atoms with Crippen LogP contribution in [0.3, 0.4) is 0 Å². The van der Waals surface area contributed by atoms with Crippen LogP contribution in [-0.4, -0.2) is 59.8 Å². The Hall–Kier alpha value is -2.61. The van der Waals surface area contributed by atoms with Crippen LogP contribution in [0.15, 0.2) is 24.3 Å². The van der Waals surface area contributed by atoms with E-state index in [9.17, 15) is 24.3 Å². The van der Waals surface area contributed by atoms with Crippen LogP contribution >= 0.6 is 7.75 Å². The van der Waals surface area contributed by atoms with Crippen molar-refractivity contribution in [2.24, 2.45) is 0 Å². The smallest absolute Gasteiger partial charge is 0.459 e. The third kappa shape index (κ3) is 6.69. The van der Waals surface area contributed by atoms with Gasteiger partial charge in [0.15, 0.2) is 11.9 Å². The number of carbonyl (C=O) groups is 2. The van der Waals surface area contributed by atoms with E-state index in [2.05, 4.69) is 9.82 Å². The second-order valence-electron chi connectivity index (χ2n) is 7.08. The van der Waals surface area contributed by atoms with Gasteiger partial charge in [-0.25, -0.2) is 10.0 Å². The fourth-order valence-electron chi connectivity index (χ4n) is 2.74.